The third-order valence-corrected chi connectivity index (χ3v) is 7.98. The van der Waals surface area contributed by atoms with Crippen LogP contribution in [0.25, 0.3) is 23.0 Å². The van der Waals surface area contributed by atoms with Gasteiger partial charge in [0.2, 0.25) is 0 Å². The number of carbonyl (C=O) groups excluding carboxylic acids is 1. The van der Waals surface area contributed by atoms with E-state index in [1.54, 1.807) is 12.0 Å². The molecule has 0 N–H and O–H groups in total. The Morgan fingerprint density at radius 2 is 1.70 bits per heavy atom. The Labute approximate surface area is 244 Å². The highest BCUT2D eigenvalue weighted by Crippen LogP contribution is 2.35. The van der Waals surface area contributed by atoms with Crippen molar-refractivity contribution in [1.29, 1.82) is 0 Å². The molecule has 40 heavy (non-hydrogen) atoms. The predicted molar refractivity (Wildman–Crippen MR) is 166 cm³/mol. The van der Waals surface area contributed by atoms with Gasteiger partial charge in [0.25, 0.3) is 5.91 Å². The zero-order valence-corrected chi connectivity index (χ0v) is 24.2. The molecule has 1 amide bonds. The summed E-state index contributed by atoms with van der Waals surface area (Å²) >= 11 is 6.94. The number of nitrogens with zero attached hydrogens (tertiary/aromatic N) is 3. The van der Waals surface area contributed by atoms with Gasteiger partial charge in [-0.05, 0) is 73.0 Å². The fraction of sp³-hybridized carbons (Fsp3) is 0.219. The number of hydrogen-bond acceptors (Lipinski definition) is 6. The van der Waals surface area contributed by atoms with E-state index in [-0.39, 0.29) is 5.91 Å². The first-order valence-corrected chi connectivity index (χ1v) is 14.5. The number of hydrogen-bond donors (Lipinski definition) is 0. The first-order chi connectivity index (χ1) is 19.6. The number of benzene rings is 3. The number of amides is 1. The summed E-state index contributed by atoms with van der Waals surface area (Å²) in [6, 6.07) is 25.8. The van der Waals surface area contributed by atoms with Gasteiger partial charge in [0.1, 0.15) is 15.8 Å². The summed E-state index contributed by atoms with van der Waals surface area (Å²) in [5, 5.41) is 4.91. The van der Waals surface area contributed by atoms with Crippen molar-refractivity contribution in [3.05, 3.63) is 101 Å². The highest BCUT2D eigenvalue weighted by Gasteiger charge is 2.32. The summed E-state index contributed by atoms with van der Waals surface area (Å²) in [6.45, 7) is 3.36. The van der Waals surface area contributed by atoms with E-state index < -0.39 is 0 Å². The molecule has 1 saturated heterocycles. The summed E-state index contributed by atoms with van der Waals surface area (Å²) in [5.74, 6) is 1.56. The zero-order chi connectivity index (χ0) is 27.9. The van der Waals surface area contributed by atoms with Crippen LogP contribution in [0, 0.1) is 0 Å². The summed E-state index contributed by atoms with van der Waals surface area (Å²) in [6.07, 6.45) is 6.67. The number of para-hydroxylation sites is 1. The molecule has 0 radical (unpaired) electrons. The summed E-state index contributed by atoms with van der Waals surface area (Å²) in [5.41, 5.74) is 4.63. The maximum atomic E-state index is 13.4. The minimum Gasteiger partial charge on any atom is -0.497 e. The van der Waals surface area contributed by atoms with Crippen LogP contribution in [0.1, 0.15) is 30.9 Å². The number of methoxy groups -OCH3 is 1. The van der Waals surface area contributed by atoms with Gasteiger partial charge < -0.3 is 9.47 Å². The van der Waals surface area contributed by atoms with Crippen molar-refractivity contribution >= 4 is 40.3 Å². The molecule has 0 atom stereocenters. The number of aromatic nitrogens is 2. The Morgan fingerprint density at radius 3 is 2.40 bits per heavy atom. The summed E-state index contributed by atoms with van der Waals surface area (Å²) in [4.78, 5) is 15.7. The van der Waals surface area contributed by atoms with E-state index in [1.807, 2.05) is 95.8 Å². The molecule has 1 aliphatic heterocycles. The Balaban J connectivity index is 1.40. The van der Waals surface area contributed by atoms with Crippen LogP contribution in [0.15, 0.2) is 90.0 Å². The second-order valence-corrected chi connectivity index (χ2v) is 11.0. The average Bonchev–Trinajstić information content (AvgIpc) is 3.53. The van der Waals surface area contributed by atoms with E-state index in [1.165, 1.54) is 11.8 Å². The van der Waals surface area contributed by atoms with Gasteiger partial charge in [-0.15, -0.1) is 0 Å². The van der Waals surface area contributed by atoms with Crippen LogP contribution in [0.2, 0.25) is 0 Å². The highest BCUT2D eigenvalue weighted by atomic mass is 32.2. The van der Waals surface area contributed by atoms with Crippen molar-refractivity contribution < 1.29 is 14.3 Å². The van der Waals surface area contributed by atoms with E-state index in [9.17, 15) is 4.79 Å². The Morgan fingerprint density at radius 1 is 0.975 bits per heavy atom. The minimum atomic E-state index is -0.0819. The van der Waals surface area contributed by atoms with Crippen LogP contribution >= 0.6 is 24.0 Å². The zero-order valence-electron chi connectivity index (χ0n) is 22.6. The quantitative estimate of drug-likeness (QED) is 0.108. The van der Waals surface area contributed by atoms with Crippen molar-refractivity contribution in [1.82, 2.24) is 14.7 Å². The fourth-order valence-electron chi connectivity index (χ4n) is 4.34. The molecule has 3 aromatic carbocycles. The fourth-order valence-corrected chi connectivity index (χ4v) is 5.64. The molecule has 1 fully saturated rings. The van der Waals surface area contributed by atoms with E-state index in [0.29, 0.717) is 28.8 Å². The minimum absolute atomic E-state index is 0.0819. The molecule has 0 saturated carbocycles. The topological polar surface area (TPSA) is 56.6 Å². The largest absolute Gasteiger partial charge is 0.497 e. The maximum Gasteiger partial charge on any atom is 0.266 e. The highest BCUT2D eigenvalue weighted by molar-refractivity contribution is 8.26. The molecule has 1 aliphatic rings. The molecule has 5 rings (SSSR count). The Kier molecular flexibility index (Phi) is 8.98. The van der Waals surface area contributed by atoms with Crippen molar-refractivity contribution in [3.8, 4) is 28.4 Å². The number of thiocarbonyl (C=S) groups is 1. The number of rotatable bonds is 11. The molecule has 204 valence electrons. The van der Waals surface area contributed by atoms with Gasteiger partial charge in [-0.25, -0.2) is 4.68 Å². The van der Waals surface area contributed by atoms with Crippen LogP contribution in [0.5, 0.6) is 11.5 Å². The third-order valence-electron chi connectivity index (χ3n) is 6.60. The van der Waals surface area contributed by atoms with Gasteiger partial charge in [-0.1, -0.05) is 67.7 Å². The van der Waals surface area contributed by atoms with Crippen molar-refractivity contribution in [2.75, 3.05) is 20.3 Å². The SMILES string of the molecule is CCCCOc1ccc(-c2nn(-c3ccccc3)cc2C=C2SC(=S)N(CCc3ccc(OC)cc3)C2=O)cc1. The molecule has 8 heteroatoms. The second kappa shape index (κ2) is 13.0. The van der Waals surface area contributed by atoms with Crippen molar-refractivity contribution in [2.45, 2.75) is 26.2 Å². The second-order valence-electron chi connectivity index (χ2n) is 9.37. The number of carbonyl (C=O) groups is 1. The number of unbranched alkanes of at least 4 members (excludes halogenated alkanes) is 1. The summed E-state index contributed by atoms with van der Waals surface area (Å²) in [7, 11) is 1.65. The number of ether oxygens (including phenoxy) is 2. The van der Waals surface area contributed by atoms with Crippen LogP contribution in [-0.2, 0) is 11.2 Å². The molecular weight excluding hydrogens is 539 g/mol. The molecule has 2 heterocycles. The molecule has 0 aliphatic carbocycles. The van der Waals surface area contributed by atoms with E-state index >= 15 is 0 Å². The number of thioether (sulfide) groups is 1. The molecule has 6 nitrogen and oxygen atoms in total. The van der Waals surface area contributed by atoms with Gasteiger partial charge in [-0.2, -0.15) is 5.10 Å². The smallest absolute Gasteiger partial charge is 0.266 e. The lowest BCUT2D eigenvalue weighted by molar-refractivity contribution is -0.122. The van der Waals surface area contributed by atoms with E-state index in [0.717, 1.165) is 52.4 Å². The van der Waals surface area contributed by atoms with Crippen molar-refractivity contribution in [3.63, 3.8) is 0 Å². The molecule has 0 bridgehead atoms. The molecule has 0 spiro atoms. The van der Waals surface area contributed by atoms with Crippen molar-refractivity contribution in [2.24, 2.45) is 0 Å². The third kappa shape index (κ3) is 6.46. The van der Waals surface area contributed by atoms with E-state index in [2.05, 4.69) is 6.92 Å². The van der Waals surface area contributed by atoms with Gasteiger partial charge >= 0.3 is 0 Å². The Bertz CT molecular complexity index is 1500. The first-order valence-electron chi connectivity index (χ1n) is 13.3. The normalized spacial score (nSPS) is 14.2. The lowest BCUT2D eigenvalue weighted by Gasteiger charge is -2.14. The monoisotopic (exact) mass is 569 g/mol. The summed E-state index contributed by atoms with van der Waals surface area (Å²) < 4.78 is 13.5. The van der Waals surface area contributed by atoms with Gasteiger partial charge in [0.15, 0.2) is 0 Å². The first kappa shape index (κ1) is 27.7. The van der Waals surface area contributed by atoms with Gasteiger partial charge in [-0.3, -0.25) is 9.69 Å². The standard InChI is InChI=1S/C32H31N3O3S2/c1-3-4-20-38-28-16-12-24(13-17-28)30-25(22-35(33-30)26-8-6-5-7-9-26)21-29-31(36)34(32(39)40-29)19-18-23-10-14-27(37-2)15-11-23/h5-17,21-22H,3-4,18-20H2,1-2H3. The lowest BCUT2D eigenvalue weighted by atomic mass is 10.1. The van der Waals surface area contributed by atoms with E-state index in [4.69, 9.17) is 26.8 Å². The maximum absolute atomic E-state index is 13.4. The Hall–Kier alpha value is -3.88. The lowest BCUT2D eigenvalue weighted by Crippen LogP contribution is -2.30. The molecule has 4 aromatic rings. The van der Waals surface area contributed by atoms with Gasteiger partial charge in [0.05, 0.1) is 30.0 Å². The van der Waals surface area contributed by atoms with Crippen LogP contribution in [-0.4, -0.2) is 45.2 Å². The average molecular weight is 570 g/mol. The van der Waals surface area contributed by atoms with Crippen LogP contribution < -0.4 is 9.47 Å². The van der Waals surface area contributed by atoms with Crippen LogP contribution in [0.4, 0.5) is 0 Å². The van der Waals surface area contributed by atoms with Crippen LogP contribution in [0.3, 0.4) is 0 Å². The van der Waals surface area contributed by atoms with Gasteiger partial charge in [0, 0.05) is 23.9 Å². The predicted octanol–water partition coefficient (Wildman–Crippen LogP) is 7.17. The molecular formula is C32H31N3O3S2. The molecule has 1 aromatic heterocycles. The molecule has 0 unspecified atom stereocenters.